The predicted octanol–water partition coefficient (Wildman–Crippen LogP) is 4.76. The number of nitrogens with zero attached hydrogens (tertiary/aromatic N) is 1. The standard InChI is InChI=1S/C25H21ClN4O3/c1-28-19-4-2-3-15(11-19)23(32)29-18-8-5-16(6-9-18)25(13-20(31)14-25)24(33)30-22-12-17(26)7-10-21(22)27/h2-12,20,31H,13-14,27H2,(H,29,32)(H,30,33). The Morgan fingerprint density at radius 3 is 2.45 bits per heavy atom. The lowest BCUT2D eigenvalue weighted by Gasteiger charge is -2.44. The Morgan fingerprint density at radius 2 is 1.79 bits per heavy atom. The highest BCUT2D eigenvalue weighted by Gasteiger charge is 2.51. The zero-order valence-electron chi connectivity index (χ0n) is 17.5. The average Bonchev–Trinajstić information content (AvgIpc) is 2.79. The maximum absolute atomic E-state index is 13.2. The highest BCUT2D eigenvalue weighted by Crippen LogP contribution is 2.45. The Hall–Kier alpha value is -3.86. The Labute approximate surface area is 196 Å². The number of anilines is 3. The maximum Gasteiger partial charge on any atom is 0.254 e. The van der Waals surface area contributed by atoms with E-state index < -0.39 is 11.5 Å². The van der Waals surface area contributed by atoms with Gasteiger partial charge in [0.05, 0.1) is 29.5 Å². The molecule has 3 aromatic carbocycles. The molecule has 1 saturated carbocycles. The van der Waals surface area contributed by atoms with E-state index in [0.717, 1.165) is 5.56 Å². The first kappa shape index (κ1) is 22.3. The van der Waals surface area contributed by atoms with Gasteiger partial charge in [0.2, 0.25) is 5.91 Å². The van der Waals surface area contributed by atoms with Gasteiger partial charge >= 0.3 is 0 Å². The van der Waals surface area contributed by atoms with Gasteiger partial charge in [-0.3, -0.25) is 9.59 Å². The van der Waals surface area contributed by atoms with E-state index in [4.69, 9.17) is 23.9 Å². The number of hydrogen-bond donors (Lipinski definition) is 4. The molecule has 1 fully saturated rings. The van der Waals surface area contributed by atoms with Crippen LogP contribution >= 0.6 is 11.6 Å². The summed E-state index contributed by atoms with van der Waals surface area (Å²) in [5.74, 6) is -0.620. The number of nitrogens with two attached hydrogens (primary N) is 1. The normalized spacial score (nSPS) is 19.1. The maximum atomic E-state index is 13.2. The van der Waals surface area contributed by atoms with E-state index in [1.165, 1.54) is 6.07 Å². The first-order chi connectivity index (χ1) is 15.8. The number of halogens is 1. The number of aliphatic hydroxyl groups excluding tert-OH is 1. The molecule has 7 nitrogen and oxygen atoms in total. The lowest BCUT2D eigenvalue weighted by atomic mass is 9.62. The summed E-state index contributed by atoms with van der Waals surface area (Å²) in [6, 6.07) is 18.2. The third-order valence-corrected chi connectivity index (χ3v) is 6.03. The SMILES string of the molecule is [C-]#[N+]c1cccc(C(=O)Nc2ccc(C3(C(=O)Nc4cc(Cl)ccc4N)CC(O)C3)cc2)c1. The van der Waals surface area contributed by atoms with Crippen LogP contribution in [0.15, 0.2) is 66.7 Å². The molecule has 0 heterocycles. The zero-order valence-corrected chi connectivity index (χ0v) is 18.3. The van der Waals surface area contributed by atoms with Crippen molar-refractivity contribution in [2.24, 2.45) is 0 Å². The van der Waals surface area contributed by atoms with Gasteiger partial charge in [0.25, 0.3) is 5.91 Å². The van der Waals surface area contributed by atoms with Crippen LogP contribution in [-0.2, 0) is 10.2 Å². The van der Waals surface area contributed by atoms with Gasteiger partial charge in [0.15, 0.2) is 5.69 Å². The van der Waals surface area contributed by atoms with Crippen LogP contribution in [0.4, 0.5) is 22.7 Å². The van der Waals surface area contributed by atoms with Gasteiger partial charge in [0, 0.05) is 16.3 Å². The van der Waals surface area contributed by atoms with Gasteiger partial charge in [-0.1, -0.05) is 41.9 Å². The van der Waals surface area contributed by atoms with Crippen LogP contribution in [0, 0.1) is 6.57 Å². The fourth-order valence-electron chi connectivity index (χ4n) is 3.97. The highest BCUT2D eigenvalue weighted by molar-refractivity contribution is 6.31. The van der Waals surface area contributed by atoms with Gasteiger partial charge in [-0.25, -0.2) is 4.85 Å². The first-order valence-electron chi connectivity index (χ1n) is 10.2. The summed E-state index contributed by atoms with van der Waals surface area (Å²) in [7, 11) is 0. The minimum atomic E-state index is -0.916. The van der Waals surface area contributed by atoms with Gasteiger partial charge in [-0.05, 0) is 54.8 Å². The molecule has 4 rings (SSSR count). The van der Waals surface area contributed by atoms with E-state index in [0.29, 0.717) is 33.3 Å². The van der Waals surface area contributed by atoms with Crippen molar-refractivity contribution in [1.29, 1.82) is 0 Å². The Balaban J connectivity index is 1.53. The van der Waals surface area contributed by atoms with E-state index in [1.54, 1.807) is 60.7 Å². The van der Waals surface area contributed by atoms with Crippen molar-refractivity contribution in [2.75, 3.05) is 16.4 Å². The molecule has 0 aromatic heterocycles. The molecule has 33 heavy (non-hydrogen) atoms. The zero-order chi connectivity index (χ0) is 23.6. The Kier molecular flexibility index (Phi) is 6.05. The molecule has 1 aliphatic carbocycles. The lowest BCUT2D eigenvalue weighted by molar-refractivity contribution is -0.129. The molecule has 0 unspecified atom stereocenters. The van der Waals surface area contributed by atoms with E-state index >= 15 is 0 Å². The van der Waals surface area contributed by atoms with Crippen molar-refractivity contribution >= 4 is 46.2 Å². The van der Waals surface area contributed by atoms with Crippen molar-refractivity contribution in [3.05, 3.63) is 94.3 Å². The largest absolute Gasteiger partial charge is 0.397 e. The van der Waals surface area contributed by atoms with Crippen LogP contribution < -0.4 is 16.4 Å². The monoisotopic (exact) mass is 460 g/mol. The van der Waals surface area contributed by atoms with Crippen LogP contribution in [0.5, 0.6) is 0 Å². The van der Waals surface area contributed by atoms with Gasteiger partial charge < -0.3 is 21.5 Å². The molecular weight excluding hydrogens is 440 g/mol. The lowest BCUT2D eigenvalue weighted by Crippen LogP contribution is -2.53. The third kappa shape index (κ3) is 4.53. The number of rotatable bonds is 5. The number of carbonyl (C=O) groups excluding carboxylic acids is 2. The fourth-order valence-corrected chi connectivity index (χ4v) is 4.14. The van der Waals surface area contributed by atoms with Crippen molar-refractivity contribution in [3.63, 3.8) is 0 Å². The molecule has 0 bridgehead atoms. The van der Waals surface area contributed by atoms with E-state index in [9.17, 15) is 14.7 Å². The molecule has 3 aromatic rings. The minimum absolute atomic E-state index is 0.272. The molecule has 5 N–H and O–H groups in total. The molecule has 0 aliphatic heterocycles. The second-order valence-corrected chi connectivity index (χ2v) is 8.46. The number of hydrogen-bond acceptors (Lipinski definition) is 4. The quantitative estimate of drug-likeness (QED) is 0.325. The Morgan fingerprint density at radius 1 is 1.06 bits per heavy atom. The number of nitrogen functional groups attached to an aromatic ring is 1. The van der Waals surface area contributed by atoms with Crippen LogP contribution in [-0.4, -0.2) is 23.0 Å². The van der Waals surface area contributed by atoms with Crippen LogP contribution in [0.2, 0.25) is 5.02 Å². The van der Waals surface area contributed by atoms with Crippen LogP contribution in [0.3, 0.4) is 0 Å². The molecule has 0 atom stereocenters. The Bertz CT molecular complexity index is 1260. The van der Waals surface area contributed by atoms with Crippen LogP contribution in [0.1, 0.15) is 28.8 Å². The number of carbonyl (C=O) groups is 2. The van der Waals surface area contributed by atoms with Gasteiger partial charge in [-0.15, -0.1) is 0 Å². The van der Waals surface area contributed by atoms with Crippen molar-refractivity contribution in [2.45, 2.75) is 24.4 Å². The molecular formula is C25H21ClN4O3. The fraction of sp³-hybridized carbons (Fsp3) is 0.160. The second-order valence-electron chi connectivity index (χ2n) is 8.02. The molecule has 1 aliphatic rings. The molecule has 0 saturated heterocycles. The average molecular weight is 461 g/mol. The number of amides is 2. The number of nitrogens with one attached hydrogen (secondary N) is 2. The second kappa shape index (κ2) is 8.94. The molecule has 0 radical (unpaired) electrons. The van der Waals surface area contributed by atoms with Crippen molar-refractivity contribution in [3.8, 4) is 0 Å². The summed E-state index contributed by atoms with van der Waals surface area (Å²) in [5.41, 5.74) is 7.88. The van der Waals surface area contributed by atoms with Gasteiger partial charge in [0.1, 0.15) is 0 Å². The summed E-state index contributed by atoms with van der Waals surface area (Å²) in [6.45, 7) is 7.08. The van der Waals surface area contributed by atoms with Gasteiger partial charge in [-0.2, -0.15) is 0 Å². The minimum Gasteiger partial charge on any atom is -0.397 e. The van der Waals surface area contributed by atoms with E-state index in [2.05, 4.69) is 15.5 Å². The summed E-state index contributed by atoms with van der Waals surface area (Å²) in [4.78, 5) is 29.1. The van der Waals surface area contributed by atoms with Crippen molar-refractivity contribution in [1.82, 2.24) is 0 Å². The summed E-state index contributed by atoms with van der Waals surface area (Å²) in [6.07, 6.45) is -0.0374. The highest BCUT2D eigenvalue weighted by atomic mass is 35.5. The summed E-state index contributed by atoms with van der Waals surface area (Å²) >= 11 is 6.03. The summed E-state index contributed by atoms with van der Waals surface area (Å²) in [5, 5.41) is 16.1. The molecule has 166 valence electrons. The predicted molar refractivity (Wildman–Crippen MR) is 129 cm³/mol. The third-order valence-electron chi connectivity index (χ3n) is 5.80. The summed E-state index contributed by atoms with van der Waals surface area (Å²) < 4.78 is 0. The van der Waals surface area contributed by atoms with Crippen molar-refractivity contribution < 1.29 is 14.7 Å². The van der Waals surface area contributed by atoms with E-state index in [-0.39, 0.29) is 24.7 Å². The first-order valence-corrected chi connectivity index (χ1v) is 10.6. The number of benzene rings is 3. The molecule has 0 spiro atoms. The molecule has 8 heteroatoms. The molecule has 2 amide bonds. The topological polar surface area (TPSA) is 109 Å². The van der Waals surface area contributed by atoms with Crippen LogP contribution in [0.25, 0.3) is 4.85 Å². The number of aliphatic hydroxyl groups is 1. The smallest absolute Gasteiger partial charge is 0.254 e. The van der Waals surface area contributed by atoms with E-state index in [1.807, 2.05) is 0 Å².